The minimum atomic E-state index is -0.489. The van der Waals surface area contributed by atoms with E-state index in [0.717, 1.165) is 16.5 Å². The van der Waals surface area contributed by atoms with Gasteiger partial charge in [-0.3, -0.25) is 20.4 Å². The van der Waals surface area contributed by atoms with Crippen molar-refractivity contribution in [3.05, 3.63) is 53.7 Å². The van der Waals surface area contributed by atoms with Crippen LogP contribution >= 0.6 is 0 Å². The lowest BCUT2D eigenvalue weighted by atomic mass is 10.1. The van der Waals surface area contributed by atoms with Gasteiger partial charge in [-0.15, -0.1) is 0 Å². The lowest BCUT2D eigenvalue weighted by molar-refractivity contribution is -0.121. The van der Waals surface area contributed by atoms with Crippen LogP contribution in [0.5, 0.6) is 17.2 Å². The fraction of sp³-hybridized carbons (Fsp3) is 0.304. The maximum Gasteiger partial charge on any atom is 0.269 e. The third-order valence-corrected chi connectivity index (χ3v) is 4.51. The third-order valence-electron chi connectivity index (χ3n) is 4.51. The fourth-order valence-corrected chi connectivity index (χ4v) is 3.21. The van der Waals surface area contributed by atoms with Gasteiger partial charge in [0.2, 0.25) is 11.7 Å². The summed E-state index contributed by atoms with van der Waals surface area (Å²) in [5.74, 6) is 0.443. The molecule has 164 valence electrons. The molecular formula is C23H27N3O5. The van der Waals surface area contributed by atoms with Crippen LogP contribution in [0.4, 0.5) is 0 Å². The van der Waals surface area contributed by atoms with Gasteiger partial charge in [0.1, 0.15) is 0 Å². The first-order chi connectivity index (χ1) is 15.1. The van der Waals surface area contributed by atoms with Crippen LogP contribution < -0.4 is 25.1 Å². The van der Waals surface area contributed by atoms with Crippen molar-refractivity contribution in [1.82, 2.24) is 15.8 Å². The number of hydrazine groups is 1. The van der Waals surface area contributed by atoms with Gasteiger partial charge < -0.3 is 19.2 Å². The molecule has 0 saturated carbocycles. The predicted molar refractivity (Wildman–Crippen MR) is 118 cm³/mol. The van der Waals surface area contributed by atoms with Gasteiger partial charge in [0.05, 0.1) is 26.2 Å². The summed E-state index contributed by atoms with van der Waals surface area (Å²) in [5, 5.41) is 0.971. The number of carbonyl (C=O) groups excluding carboxylic acids is 2. The number of ether oxygens (including phenoxy) is 3. The molecule has 0 aliphatic carbocycles. The maximum atomic E-state index is 12.7. The molecule has 31 heavy (non-hydrogen) atoms. The Balaban J connectivity index is 1.70. The van der Waals surface area contributed by atoms with Crippen molar-refractivity contribution >= 4 is 22.7 Å². The van der Waals surface area contributed by atoms with Crippen molar-refractivity contribution in [2.45, 2.75) is 27.2 Å². The van der Waals surface area contributed by atoms with Crippen LogP contribution in [0.2, 0.25) is 0 Å². The number of aromatic amines is 1. The highest BCUT2D eigenvalue weighted by Crippen LogP contribution is 2.39. The Morgan fingerprint density at radius 1 is 0.903 bits per heavy atom. The molecule has 0 radical (unpaired) electrons. The zero-order valence-corrected chi connectivity index (χ0v) is 17.9. The van der Waals surface area contributed by atoms with E-state index in [1.807, 2.05) is 45.0 Å². The van der Waals surface area contributed by atoms with Gasteiger partial charge in [-0.25, -0.2) is 0 Å². The standard InChI is InChI=1S/C23H27N3O5/c1-4-29-19-11-15(12-20(30-5-2)22(19)31-6-3)23(28)26-25-21(27)13-16-14-24-18-10-8-7-9-17(16)18/h7-12,14,24H,4-6,13H2,1-3H3,(H,25,27)(H,26,28). The van der Waals surface area contributed by atoms with Gasteiger partial charge in [0.25, 0.3) is 5.91 Å². The van der Waals surface area contributed by atoms with Gasteiger partial charge >= 0.3 is 0 Å². The van der Waals surface area contributed by atoms with E-state index in [2.05, 4.69) is 15.8 Å². The molecule has 8 nitrogen and oxygen atoms in total. The third kappa shape index (κ3) is 5.28. The number of para-hydroxylation sites is 1. The molecule has 1 heterocycles. The van der Waals surface area contributed by atoms with E-state index < -0.39 is 5.91 Å². The predicted octanol–water partition coefficient (Wildman–Crippen LogP) is 3.37. The molecule has 0 spiro atoms. The monoisotopic (exact) mass is 425 g/mol. The molecule has 3 aromatic rings. The fourth-order valence-electron chi connectivity index (χ4n) is 3.21. The number of nitrogens with one attached hydrogen (secondary N) is 3. The lowest BCUT2D eigenvalue weighted by Crippen LogP contribution is -2.42. The summed E-state index contributed by atoms with van der Waals surface area (Å²) in [6.45, 7) is 6.77. The molecule has 1 aromatic heterocycles. The van der Waals surface area contributed by atoms with Crippen molar-refractivity contribution in [1.29, 1.82) is 0 Å². The Bertz CT molecular complexity index is 1030. The quantitative estimate of drug-likeness (QED) is 0.456. The number of hydrogen-bond donors (Lipinski definition) is 3. The Labute approximate surface area is 180 Å². The highest BCUT2D eigenvalue weighted by molar-refractivity contribution is 5.97. The smallest absolute Gasteiger partial charge is 0.269 e. The molecule has 0 fully saturated rings. The Morgan fingerprint density at radius 3 is 2.19 bits per heavy atom. The summed E-state index contributed by atoms with van der Waals surface area (Å²) in [4.78, 5) is 28.2. The largest absolute Gasteiger partial charge is 0.490 e. The second kappa shape index (κ2) is 10.4. The minimum absolute atomic E-state index is 0.127. The SMILES string of the molecule is CCOc1cc(C(=O)NNC(=O)Cc2c[nH]c3ccccc23)cc(OCC)c1OCC. The molecule has 0 atom stereocenters. The van der Waals surface area contributed by atoms with E-state index in [1.54, 1.807) is 18.3 Å². The topological polar surface area (TPSA) is 102 Å². The molecule has 0 aliphatic rings. The van der Waals surface area contributed by atoms with Crippen LogP contribution in [-0.2, 0) is 11.2 Å². The Morgan fingerprint density at radius 2 is 1.55 bits per heavy atom. The molecular weight excluding hydrogens is 398 g/mol. The summed E-state index contributed by atoms with van der Waals surface area (Å²) in [7, 11) is 0. The van der Waals surface area contributed by atoms with Crippen molar-refractivity contribution in [2.24, 2.45) is 0 Å². The van der Waals surface area contributed by atoms with Crippen LogP contribution in [0.3, 0.4) is 0 Å². The highest BCUT2D eigenvalue weighted by atomic mass is 16.5. The van der Waals surface area contributed by atoms with Crippen LogP contribution in [0.15, 0.2) is 42.6 Å². The number of hydrogen-bond acceptors (Lipinski definition) is 5. The summed E-state index contributed by atoms with van der Waals surface area (Å²) in [5.41, 5.74) is 6.99. The number of aromatic nitrogens is 1. The zero-order chi connectivity index (χ0) is 22.2. The molecule has 3 N–H and O–H groups in total. The van der Waals surface area contributed by atoms with Crippen molar-refractivity contribution in [2.75, 3.05) is 19.8 Å². The van der Waals surface area contributed by atoms with Gasteiger partial charge in [-0.1, -0.05) is 18.2 Å². The first kappa shape index (κ1) is 22.0. The van der Waals surface area contributed by atoms with Gasteiger partial charge in [0.15, 0.2) is 11.5 Å². The lowest BCUT2D eigenvalue weighted by Gasteiger charge is -2.17. The number of amides is 2. The van der Waals surface area contributed by atoms with Crippen LogP contribution in [-0.4, -0.2) is 36.6 Å². The van der Waals surface area contributed by atoms with E-state index in [9.17, 15) is 9.59 Å². The zero-order valence-electron chi connectivity index (χ0n) is 17.9. The van der Waals surface area contributed by atoms with E-state index in [1.165, 1.54) is 0 Å². The summed E-state index contributed by atoms with van der Waals surface area (Å²) in [6, 6.07) is 10.9. The number of H-pyrrole nitrogens is 1. The summed E-state index contributed by atoms with van der Waals surface area (Å²) < 4.78 is 16.9. The van der Waals surface area contributed by atoms with Crippen LogP contribution in [0.1, 0.15) is 36.7 Å². The highest BCUT2D eigenvalue weighted by Gasteiger charge is 2.19. The van der Waals surface area contributed by atoms with Gasteiger partial charge in [-0.05, 0) is 44.5 Å². The summed E-state index contributed by atoms with van der Waals surface area (Å²) >= 11 is 0. The minimum Gasteiger partial charge on any atom is -0.490 e. The number of benzene rings is 2. The van der Waals surface area contributed by atoms with Crippen molar-refractivity contribution < 1.29 is 23.8 Å². The Kier molecular flexibility index (Phi) is 7.37. The Hall–Kier alpha value is -3.68. The first-order valence-electron chi connectivity index (χ1n) is 10.3. The molecule has 0 unspecified atom stereocenters. The second-order valence-electron chi connectivity index (χ2n) is 6.64. The van der Waals surface area contributed by atoms with Gasteiger partial charge in [-0.2, -0.15) is 0 Å². The molecule has 3 rings (SSSR count). The second-order valence-corrected chi connectivity index (χ2v) is 6.64. The van der Waals surface area contributed by atoms with Gasteiger partial charge in [0, 0.05) is 22.7 Å². The normalized spacial score (nSPS) is 10.5. The van der Waals surface area contributed by atoms with Crippen LogP contribution in [0.25, 0.3) is 10.9 Å². The maximum absolute atomic E-state index is 12.7. The average molecular weight is 425 g/mol. The molecule has 2 aromatic carbocycles. The van der Waals surface area contributed by atoms with Crippen molar-refractivity contribution in [3.8, 4) is 17.2 Å². The number of fused-ring (bicyclic) bond motifs is 1. The number of rotatable bonds is 9. The molecule has 2 amide bonds. The average Bonchev–Trinajstić information content (AvgIpc) is 3.17. The number of carbonyl (C=O) groups is 2. The van der Waals surface area contributed by atoms with E-state index in [0.29, 0.717) is 37.1 Å². The van der Waals surface area contributed by atoms with Crippen molar-refractivity contribution in [3.63, 3.8) is 0 Å². The molecule has 0 aliphatic heterocycles. The van der Waals surface area contributed by atoms with E-state index in [-0.39, 0.29) is 17.9 Å². The van der Waals surface area contributed by atoms with E-state index in [4.69, 9.17) is 14.2 Å². The van der Waals surface area contributed by atoms with E-state index >= 15 is 0 Å². The molecule has 8 heteroatoms. The molecule has 0 bridgehead atoms. The van der Waals surface area contributed by atoms with Crippen LogP contribution in [0, 0.1) is 0 Å². The molecule has 0 saturated heterocycles. The first-order valence-corrected chi connectivity index (χ1v) is 10.3. The summed E-state index contributed by atoms with van der Waals surface area (Å²) in [6.07, 6.45) is 1.92.